The zero-order chi connectivity index (χ0) is 17.9. The molecule has 1 aromatic carbocycles. The molecule has 8 heteroatoms. The van der Waals surface area contributed by atoms with Gasteiger partial charge >= 0.3 is 0 Å². The smallest absolute Gasteiger partial charge is 0.220 e. The van der Waals surface area contributed by atoms with Gasteiger partial charge in [-0.1, -0.05) is 18.2 Å². The molecule has 3 heterocycles. The monoisotopic (exact) mass is 368 g/mol. The SMILES string of the molecule is O=C(CCS)NCCC1CN(c2ncnc3[nH]ncc23)c2ccccc21. The third-order valence-electron chi connectivity index (χ3n) is 4.71. The van der Waals surface area contributed by atoms with Gasteiger partial charge in [0, 0.05) is 31.1 Å². The Morgan fingerprint density at radius 1 is 1.35 bits per heavy atom. The van der Waals surface area contributed by atoms with Crippen LogP contribution in [0.5, 0.6) is 0 Å². The number of carbonyl (C=O) groups excluding carboxylic acids is 1. The van der Waals surface area contributed by atoms with Crippen LogP contribution in [-0.4, -0.2) is 44.9 Å². The molecule has 0 saturated carbocycles. The molecule has 1 unspecified atom stereocenters. The van der Waals surface area contributed by atoms with Gasteiger partial charge in [-0.05, 0) is 23.8 Å². The summed E-state index contributed by atoms with van der Waals surface area (Å²) in [6.07, 6.45) is 4.66. The molecule has 0 saturated heterocycles. The number of hydrogen-bond donors (Lipinski definition) is 3. The minimum absolute atomic E-state index is 0.0547. The minimum Gasteiger partial charge on any atom is -0.356 e. The highest BCUT2D eigenvalue weighted by Gasteiger charge is 2.30. The molecule has 2 aromatic heterocycles. The molecular formula is C18H20N6OS. The van der Waals surface area contributed by atoms with Gasteiger partial charge in [-0.2, -0.15) is 17.7 Å². The highest BCUT2D eigenvalue weighted by atomic mass is 32.1. The molecule has 1 amide bonds. The summed E-state index contributed by atoms with van der Waals surface area (Å²) >= 11 is 4.10. The maximum Gasteiger partial charge on any atom is 0.220 e. The van der Waals surface area contributed by atoms with Gasteiger partial charge in [0.25, 0.3) is 0 Å². The van der Waals surface area contributed by atoms with Crippen LogP contribution in [0.3, 0.4) is 0 Å². The lowest BCUT2D eigenvalue weighted by atomic mass is 9.98. The number of carbonyl (C=O) groups is 1. The number of aromatic amines is 1. The standard InChI is InChI=1S/C18H20N6OS/c25-16(6-8-26)19-7-5-12-10-24(15-4-2-1-3-13(12)15)18-14-9-22-23-17(14)20-11-21-18/h1-4,9,11-12,26H,5-8,10H2,(H,19,25)(H,20,21,22,23). The molecule has 3 aromatic rings. The Hall–Kier alpha value is -2.61. The number of thiol groups is 1. The Labute approximate surface area is 156 Å². The largest absolute Gasteiger partial charge is 0.356 e. The number of hydrogen-bond acceptors (Lipinski definition) is 6. The number of anilines is 2. The van der Waals surface area contributed by atoms with Crippen molar-refractivity contribution in [2.45, 2.75) is 18.8 Å². The van der Waals surface area contributed by atoms with Crippen LogP contribution in [0.1, 0.15) is 24.3 Å². The Bertz CT molecular complexity index is 927. The first-order valence-corrected chi connectivity index (χ1v) is 9.29. The van der Waals surface area contributed by atoms with Gasteiger partial charge in [-0.15, -0.1) is 0 Å². The van der Waals surface area contributed by atoms with Crippen LogP contribution in [-0.2, 0) is 4.79 Å². The predicted octanol–water partition coefficient (Wildman–Crippen LogP) is 2.41. The van der Waals surface area contributed by atoms with Crippen LogP contribution in [0.15, 0.2) is 36.8 Å². The van der Waals surface area contributed by atoms with E-state index in [0.717, 1.165) is 35.5 Å². The van der Waals surface area contributed by atoms with E-state index in [2.05, 4.69) is 61.2 Å². The molecule has 1 aliphatic rings. The number of amides is 1. The second-order valence-corrected chi connectivity index (χ2v) is 6.76. The van der Waals surface area contributed by atoms with Crippen LogP contribution in [0.2, 0.25) is 0 Å². The van der Waals surface area contributed by atoms with Crippen molar-refractivity contribution in [1.29, 1.82) is 0 Å². The van der Waals surface area contributed by atoms with E-state index in [1.165, 1.54) is 5.56 Å². The van der Waals surface area contributed by atoms with E-state index >= 15 is 0 Å². The van der Waals surface area contributed by atoms with E-state index in [-0.39, 0.29) is 5.91 Å². The first-order valence-electron chi connectivity index (χ1n) is 8.66. The minimum atomic E-state index is 0.0547. The lowest BCUT2D eigenvalue weighted by Crippen LogP contribution is -2.26. The Kier molecular flexibility index (Phi) is 4.75. The quantitative estimate of drug-likeness (QED) is 0.582. The molecule has 1 atom stereocenters. The summed E-state index contributed by atoms with van der Waals surface area (Å²) in [5.41, 5.74) is 3.17. The fraction of sp³-hybridized carbons (Fsp3) is 0.333. The van der Waals surface area contributed by atoms with Crippen molar-refractivity contribution in [3.8, 4) is 0 Å². The lowest BCUT2D eigenvalue weighted by molar-refractivity contribution is -0.120. The lowest BCUT2D eigenvalue weighted by Gasteiger charge is -2.19. The van der Waals surface area contributed by atoms with Crippen molar-refractivity contribution < 1.29 is 4.79 Å². The normalized spacial score (nSPS) is 16.0. The van der Waals surface area contributed by atoms with Gasteiger partial charge in [-0.25, -0.2) is 9.97 Å². The molecule has 0 radical (unpaired) electrons. The van der Waals surface area contributed by atoms with Gasteiger partial charge in [-0.3, -0.25) is 9.89 Å². The summed E-state index contributed by atoms with van der Waals surface area (Å²) < 4.78 is 0. The summed E-state index contributed by atoms with van der Waals surface area (Å²) in [5.74, 6) is 1.82. The van der Waals surface area contributed by atoms with E-state index in [0.29, 0.717) is 24.6 Å². The molecule has 0 bridgehead atoms. The van der Waals surface area contributed by atoms with E-state index in [1.54, 1.807) is 12.5 Å². The average Bonchev–Trinajstić information content (AvgIpc) is 3.27. The number of H-pyrrole nitrogens is 1. The van der Waals surface area contributed by atoms with Crippen LogP contribution in [0.25, 0.3) is 11.0 Å². The number of fused-ring (bicyclic) bond motifs is 2. The predicted molar refractivity (Wildman–Crippen MR) is 104 cm³/mol. The molecule has 1 aliphatic heterocycles. The van der Waals surface area contributed by atoms with Gasteiger partial charge in [0.1, 0.15) is 12.1 Å². The van der Waals surface area contributed by atoms with Crippen molar-refractivity contribution in [1.82, 2.24) is 25.5 Å². The molecule has 0 fully saturated rings. The zero-order valence-corrected chi connectivity index (χ0v) is 15.1. The average molecular weight is 368 g/mol. The second-order valence-electron chi connectivity index (χ2n) is 6.31. The molecule has 0 spiro atoms. The van der Waals surface area contributed by atoms with Crippen molar-refractivity contribution >= 4 is 41.1 Å². The summed E-state index contributed by atoms with van der Waals surface area (Å²) in [7, 11) is 0. The summed E-state index contributed by atoms with van der Waals surface area (Å²) in [5, 5.41) is 10.9. The van der Waals surface area contributed by atoms with Crippen molar-refractivity contribution in [2.24, 2.45) is 0 Å². The van der Waals surface area contributed by atoms with Gasteiger partial charge in [0.2, 0.25) is 5.91 Å². The van der Waals surface area contributed by atoms with Gasteiger partial charge in [0.05, 0.1) is 11.6 Å². The van der Waals surface area contributed by atoms with Crippen molar-refractivity contribution in [2.75, 3.05) is 23.7 Å². The van der Waals surface area contributed by atoms with E-state index in [9.17, 15) is 4.79 Å². The fourth-order valence-electron chi connectivity index (χ4n) is 3.49. The molecule has 4 rings (SSSR count). The maximum atomic E-state index is 11.7. The third-order valence-corrected chi connectivity index (χ3v) is 4.93. The van der Waals surface area contributed by atoms with Crippen LogP contribution >= 0.6 is 12.6 Å². The summed E-state index contributed by atoms with van der Waals surface area (Å²) in [6.45, 7) is 1.48. The Morgan fingerprint density at radius 3 is 3.12 bits per heavy atom. The maximum absolute atomic E-state index is 11.7. The first kappa shape index (κ1) is 16.8. The molecular weight excluding hydrogens is 348 g/mol. The van der Waals surface area contributed by atoms with Crippen LogP contribution in [0, 0.1) is 0 Å². The topological polar surface area (TPSA) is 86.8 Å². The highest BCUT2D eigenvalue weighted by molar-refractivity contribution is 7.80. The Balaban J connectivity index is 1.57. The molecule has 2 N–H and O–H groups in total. The van der Waals surface area contributed by atoms with Crippen LogP contribution in [0.4, 0.5) is 11.5 Å². The van der Waals surface area contributed by atoms with E-state index in [1.807, 2.05) is 6.07 Å². The first-order chi connectivity index (χ1) is 12.8. The summed E-state index contributed by atoms with van der Waals surface area (Å²) in [6, 6.07) is 8.37. The van der Waals surface area contributed by atoms with Crippen molar-refractivity contribution in [3.63, 3.8) is 0 Å². The molecule has 134 valence electrons. The number of rotatable bonds is 6. The zero-order valence-electron chi connectivity index (χ0n) is 14.2. The van der Waals surface area contributed by atoms with E-state index < -0.39 is 0 Å². The number of para-hydroxylation sites is 1. The number of nitrogens with zero attached hydrogens (tertiary/aromatic N) is 4. The number of aromatic nitrogens is 4. The second kappa shape index (κ2) is 7.33. The number of nitrogens with one attached hydrogen (secondary N) is 2. The Morgan fingerprint density at radius 2 is 2.23 bits per heavy atom. The van der Waals surface area contributed by atoms with Crippen molar-refractivity contribution in [3.05, 3.63) is 42.4 Å². The number of benzene rings is 1. The molecule has 26 heavy (non-hydrogen) atoms. The molecule has 7 nitrogen and oxygen atoms in total. The van der Waals surface area contributed by atoms with Gasteiger partial charge in [0.15, 0.2) is 5.65 Å². The highest BCUT2D eigenvalue weighted by Crippen LogP contribution is 2.42. The van der Waals surface area contributed by atoms with E-state index in [4.69, 9.17) is 0 Å². The summed E-state index contributed by atoms with van der Waals surface area (Å²) in [4.78, 5) is 22.6. The fourth-order valence-corrected chi connectivity index (χ4v) is 3.69. The third kappa shape index (κ3) is 3.12. The van der Waals surface area contributed by atoms with Gasteiger partial charge < -0.3 is 10.2 Å². The molecule has 0 aliphatic carbocycles. The van der Waals surface area contributed by atoms with Crippen LogP contribution < -0.4 is 10.2 Å².